The van der Waals surface area contributed by atoms with Crippen molar-refractivity contribution >= 4 is 21.9 Å². The fraction of sp³-hybridized carbons (Fsp3) is 0. The quantitative estimate of drug-likeness (QED) is 0.598. The van der Waals surface area contributed by atoms with Gasteiger partial charge in [0, 0.05) is 18.2 Å². The fourth-order valence-electron chi connectivity index (χ4n) is 1.92. The number of aromatic hydroxyl groups is 2. The van der Waals surface area contributed by atoms with Crippen molar-refractivity contribution in [1.82, 2.24) is 0 Å². The molecule has 0 unspecified atom stereocenters. The monoisotopic (exact) mass is 246 g/mol. The summed E-state index contributed by atoms with van der Waals surface area (Å²) >= 11 is 0. The summed E-state index contributed by atoms with van der Waals surface area (Å²) in [4.78, 5) is 12.1. The van der Waals surface area contributed by atoms with Crippen LogP contribution in [0.4, 0.5) is 4.39 Å². The average Bonchev–Trinajstić information content (AvgIpc) is 2.27. The van der Waals surface area contributed by atoms with Crippen LogP contribution < -0.4 is 5.43 Å². The molecular weight excluding hydrogens is 239 g/mol. The number of hydrogen-bond donors (Lipinski definition) is 2. The molecule has 0 saturated heterocycles. The van der Waals surface area contributed by atoms with E-state index in [4.69, 9.17) is 4.42 Å². The maximum absolute atomic E-state index is 13.1. The smallest absolute Gasteiger partial charge is 0.204 e. The van der Waals surface area contributed by atoms with Crippen molar-refractivity contribution in [1.29, 1.82) is 0 Å². The first kappa shape index (κ1) is 10.6. The van der Waals surface area contributed by atoms with E-state index >= 15 is 0 Å². The molecule has 0 fully saturated rings. The predicted molar refractivity (Wildman–Crippen MR) is 63.3 cm³/mol. The number of phenolic OH excluding ortho intramolecular Hbond substituents is 2. The second-order valence-electron chi connectivity index (χ2n) is 3.91. The van der Waals surface area contributed by atoms with Gasteiger partial charge in [0.05, 0.1) is 5.39 Å². The molecular formula is C13H7FO4. The molecule has 0 aliphatic heterocycles. The summed E-state index contributed by atoms with van der Waals surface area (Å²) in [5.41, 5.74) is -0.392. The number of phenols is 2. The maximum Gasteiger partial charge on any atom is 0.204 e. The molecule has 4 nitrogen and oxygen atoms in total. The summed E-state index contributed by atoms with van der Waals surface area (Å²) in [6, 6.07) is 5.76. The van der Waals surface area contributed by atoms with Crippen LogP contribution in [0.2, 0.25) is 0 Å². The van der Waals surface area contributed by atoms with Crippen molar-refractivity contribution in [3.05, 3.63) is 46.4 Å². The first-order valence-electron chi connectivity index (χ1n) is 5.14. The van der Waals surface area contributed by atoms with E-state index in [1.54, 1.807) is 0 Å². The second-order valence-corrected chi connectivity index (χ2v) is 3.91. The molecule has 18 heavy (non-hydrogen) atoms. The molecule has 0 aliphatic carbocycles. The molecule has 0 amide bonds. The van der Waals surface area contributed by atoms with Crippen LogP contribution >= 0.6 is 0 Å². The van der Waals surface area contributed by atoms with Crippen molar-refractivity contribution in [2.45, 2.75) is 0 Å². The third-order valence-electron chi connectivity index (χ3n) is 2.70. The lowest BCUT2D eigenvalue weighted by molar-refractivity contribution is 0.453. The molecule has 5 heteroatoms. The lowest BCUT2D eigenvalue weighted by Crippen LogP contribution is -2.02. The van der Waals surface area contributed by atoms with Gasteiger partial charge in [-0.1, -0.05) is 0 Å². The molecule has 0 radical (unpaired) electrons. The summed E-state index contributed by atoms with van der Waals surface area (Å²) in [5, 5.41) is 19.1. The fourth-order valence-corrected chi connectivity index (χ4v) is 1.92. The van der Waals surface area contributed by atoms with Gasteiger partial charge >= 0.3 is 0 Å². The van der Waals surface area contributed by atoms with Gasteiger partial charge in [-0.05, 0) is 12.1 Å². The van der Waals surface area contributed by atoms with Crippen LogP contribution in [-0.2, 0) is 0 Å². The summed E-state index contributed by atoms with van der Waals surface area (Å²) in [6.45, 7) is 0. The van der Waals surface area contributed by atoms with E-state index in [1.807, 2.05) is 0 Å². The van der Waals surface area contributed by atoms with E-state index in [0.717, 1.165) is 18.2 Å². The van der Waals surface area contributed by atoms with Crippen LogP contribution in [0.25, 0.3) is 21.9 Å². The lowest BCUT2D eigenvalue weighted by atomic mass is 10.1. The molecule has 1 heterocycles. The Morgan fingerprint density at radius 1 is 1.06 bits per heavy atom. The second kappa shape index (κ2) is 3.46. The van der Waals surface area contributed by atoms with Crippen LogP contribution in [0.5, 0.6) is 11.5 Å². The Kier molecular flexibility index (Phi) is 2.04. The molecule has 2 N–H and O–H groups in total. The molecule has 0 spiro atoms. The van der Waals surface area contributed by atoms with Crippen molar-refractivity contribution < 1.29 is 19.0 Å². The van der Waals surface area contributed by atoms with Crippen LogP contribution in [-0.4, -0.2) is 10.2 Å². The number of benzene rings is 2. The molecule has 2 aromatic carbocycles. The highest BCUT2D eigenvalue weighted by molar-refractivity contribution is 5.93. The van der Waals surface area contributed by atoms with Gasteiger partial charge in [0.25, 0.3) is 0 Å². The Morgan fingerprint density at radius 3 is 2.61 bits per heavy atom. The number of fused-ring (bicyclic) bond motifs is 2. The molecule has 1 aromatic heterocycles. The summed E-state index contributed by atoms with van der Waals surface area (Å²) in [7, 11) is 0. The summed E-state index contributed by atoms with van der Waals surface area (Å²) < 4.78 is 18.4. The molecule has 90 valence electrons. The minimum Gasteiger partial charge on any atom is -0.508 e. The van der Waals surface area contributed by atoms with E-state index in [9.17, 15) is 19.4 Å². The highest BCUT2D eigenvalue weighted by atomic mass is 19.1. The Morgan fingerprint density at radius 2 is 1.83 bits per heavy atom. The SMILES string of the molecule is O=c1c2ccc(F)cc2oc2cc(O)cc(O)c12. The minimum absolute atomic E-state index is 0.00981. The van der Waals surface area contributed by atoms with Crippen LogP contribution in [0.15, 0.2) is 39.5 Å². The van der Waals surface area contributed by atoms with Gasteiger partial charge in [-0.25, -0.2) is 4.39 Å². The Balaban J connectivity index is 2.61. The predicted octanol–water partition coefficient (Wildman–Crippen LogP) is 2.50. The number of rotatable bonds is 0. The molecule has 0 aliphatic rings. The van der Waals surface area contributed by atoms with Gasteiger partial charge in [0.15, 0.2) is 0 Å². The average molecular weight is 246 g/mol. The summed E-state index contributed by atoms with van der Waals surface area (Å²) in [5.74, 6) is -1.14. The highest BCUT2D eigenvalue weighted by Gasteiger charge is 2.13. The summed E-state index contributed by atoms with van der Waals surface area (Å²) in [6.07, 6.45) is 0. The van der Waals surface area contributed by atoms with E-state index in [-0.39, 0.29) is 33.4 Å². The topological polar surface area (TPSA) is 70.7 Å². The number of hydrogen-bond acceptors (Lipinski definition) is 4. The Bertz CT molecular complexity index is 836. The third-order valence-corrected chi connectivity index (χ3v) is 2.70. The molecule has 3 aromatic rings. The van der Waals surface area contributed by atoms with E-state index in [2.05, 4.69) is 0 Å². The normalized spacial score (nSPS) is 11.2. The van der Waals surface area contributed by atoms with Gasteiger partial charge in [0.2, 0.25) is 5.43 Å². The van der Waals surface area contributed by atoms with Crippen LogP contribution in [0.3, 0.4) is 0 Å². The van der Waals surface area contributed by atoms with Crippen LogP contribution in [0.1, 0.15) is 0 Å². The van der Waals surface area contributed by atoms with E-state index in [1.165, 1.54) is 12.1 Å². The van der Waals surface area contributed by atoms with Crippen LogP contribution in [0, 0.1) is 5.82 Å². The molecule has 0 atom stereocenters. The van der Waals surface area contributed by atoms with E-state index < -0.39 is 11.2 Å². The van der Waals surface area contributed by atoms with Gasteiger partial charge in [-0.15, -0.1) is 0 Å². The third kappa shape index (κ3) is 1.41. The first-order chi connectivity index (χ1) is 8.56. The van der Waals surface area contributed by atoms with Crippen molar-refractivity contribution in [2.24, 2.45) is 0 Å². The zero-order chi connectivity index (χ0) is 12.9. The minimum atomic E-state index is -0.533. The Labute approximate surface area is 99.5 Å². The van der Waals surface area contributed by atoms with Crippen molar-refractivity contribution in [3.8, 4) is 11.5 Å². The molecule has 0 bridgehead atoms. The van der Waals surface area contributed by atoms with Crippen molar-refractivity contribution in [3.63, 3.8) is 0 Å². The zero-order valence-corrected chi connectivity index (χ0v) is 8.98. The van der Waals surface area contributed by atoms with Crippen molar-refractivity contribution in [2.75, 3.05) is 0 Å². The highest BCUT2D eigenvalue weighted by Crippen LogP contribution is 2.29. The van der Waals surface area contributed by atoms with Gasteiger partial charge in [-0.3, -0.25) is 4.79 Å². The lowest BCUT2D eigenvalue weighted by Gasteiger charge is -2.03. The first-order valence-corrected chi connectivity index (χ1v) is 5.14. The number of halogens is 1. The Hall–Kier alpha value is -2.56. The molecule has 0 saturated carbocycles. The van der Waals surface area contributed by atoms with Gasteiger partial charge in [0.1, 0.15) is 33.9 Å². The zero-order valence-electron chi connectivity index (χ0n) is 8.98. The largest absolute Gasteiger partial charge is 0.508 e. The standard InChI is InChI=1S/C13H7FO4/c14-6-1-2-8-10(3-6)18-11-5-7(15)4-9(16)12(11)13(8)17/h1-5,15-16H. The maximum atomic E-state index is 13.1. The van der Waals surface area contributed by atoms with E-state index in [0.29, 0.717) is 0 Å². The van der Waals surface area contributed by atoms with Gasteiger partial charge in [-0.2, -0.15) is 0 Å². The van der Waals surface area contributed by atoms with Gasteiger partial charge < -0.3 is 14.6 Å². The molecule has 3 rings (SSSR count).